The Bertz CT molecular complexity index is 387. The van der Waals surface area contributed by atoms with Crippen LogP contribution < -0.4 is 0 Å². The molecule has 0 aromatic rings. The topological polar surface area (TPSA) is 38.8 Å². The number of methoxy groups -OCH3 is 1. The molecular formula is C14H25NO3. The standard InChI is InChI=1S/C14H25NO3/c1-13(2,3)18-12(16)15-7-5-14(6-8-15)9-11(10-14)17-4/h11H,5-10H2,1-4H3/i4D3. The highest BCUT2D eigenvalue weighted by Crippen LogP contribution is 2.50. The predicted molar refractivity (Wildman–Crippen MR) is 69.5 cm³/mol. The molecule has 0 aromatic heterocycles. The summed E-state index contributed by atoms with van der Waals surface area (Å²) < 4.78 is 31.8. The summed E-state index contributed by atoms with van der Waals surface area (Å²) in [6.07, 6.45) is 2.94. The maximum Gasteiger partial charge on any atom is 0.410 e. The fourth-order valence-electron chi connectivity index (χ4n) is 2.89. The molecule has 0 bridgehead atoms. The van der Waals surface area contributed by atoms with Gasteiger partial charge >= 0.3 is 6.09 Å². The van der Waals surface area contributed by atoms with E-state index in [2.05, 4.69) is 0 Å². The first-order valence-corrected chi connectivity index (χ1v) is 6.64. The van der Waals surface area contributed by atoms with Gasteiger partial charge in [-0.25, -0.2) is 4.79 Å². The van der Waals surface area contributed by atoms with Crippen LogP contribution in [0.1, 0.15) is 50.6 Å². The second-order valence-electron chi connectivity index (χ2n) is 6.62. The highest BCUT2D eigenvalue weighted by molar-refractivity contribution is 5.68. The number of hydrogen-bond acceptors (Lipinski definition) is 3. The lowest BCUT2D eigenvalue weighted by Gasteiger charge is -2.51. The van der Waals surface area contributed by atoms with Crippen molar-refractivity contribution < 1.29 is 18.4 Å². The third-order valence-electron chi connectivity index (χ3n) is 3.96. The first-order valence-electron chi connectivity index (χ1n) is 8.14. The van der Waals surface area contributed by atoms with Crippen LogP contribution in [-0.2, 0) is 9.47 Å². The van der Waals surface area contributed by atoms with Gasteiger partial charge in [-0.15, -0.1) is 0 Å². The van der Waals surface area contributed by atoms with E-state index in [1.54, 1.807) is 4.90 Å². The van der Waals surface area contributed by atoms with Gasteiger partial charge in [0.25, 0.3) is 0 Å². The Hall–Kier alpha value is -0.770. The van der Waals surface area contributed by atoms with Crippen LogP contribution in [0.2, 0.25) is 0 Å². The molecule has 4 heteroatoms. The first kappa shape index (κ1) is 10.1. The summed E-state index contributed by atoms with van der Waals surface area (Å²) in [7, 11) is -2.30. The minimum atomic E-state index is -2.30. The Morgan fingerprint density at radius 3 is 2.44 bits per heavy atom. The third kappa shape index (κ3) is 2.97. The summed E-state index contributed by atoms with van der Waals surface area (Å²) in [5, 5.41) is 0. The summed E-state index contributed by atoms with van der Waals surface area (Å²) >= 11 is 0. The molecule has 1 heterocycles. The van der Waals surface area contributed by atoms with Crippen molar-refractivity contribution >= 4 is 6.09 Å². The van der Waals surface area contributed by atoms with Crippen LogP contribution in [-0.4, -0.2) is 42.8 Å². The van der Waals surface area contributed by atoms with Gasteiger partial charge < -0.3 is 14.4 Å². The molecule has 0 unspecified atom stereocenters. The summed E-state index contributed by atoms with van der Waals surface area (Å²) in [6, 6.07) is 0. The average Bonchev–Trinajstić information content (AvgIpc) is 2.23. The van der Waals surface area contributed by atoms with E-state index in [-0.39, 0.29) is 17.6 Å². The second kappa shape index (κ2) is 4.72. The summed E-state index contributed by atoms with van der Waals surface area (Å²) in [5.74, 6) is 0. The Labute approximate surface area is 114 Å². The zero-order valence-electron chi connectivity index (χ0n) is 14.5. The zero-order chi connectivity index (χ0) is 15.9. The zero-order valence-corrected chi connectivity index (χ0v) is 11.5. The minimum Gasteiger partial charge on any atom is -0.444 e. The number of carbonyl (C=O) groups excluding carboxylic acids is 1. The van der Waals surface area contributed by atoms with Crippen molar-refractivity contribution in [3.8, 4) is 0 Å². The molecule has 0 N–H and O–H groups in total. The number of carbonyl (C=O) groups is 1. The average molecular weight is 258 g/mol. The lowest BCUT2D eigenvalue weighted by Crippen LogP contribution is -2.51. The Morgan fingerprint density at radius 1 is 1.33 bits per heavy atom. The van der Waals surface area contributed by atoms with E-state index in [4.69, 9.17) is 13.6 Å². The van der Waals surface area contributed by atoms with Crippen molar-refractivity contribution in [1.29, 1.82) is 0 Å². The van der Waals surface area contributed by atoms with Crippen LogP contribution in [0.25, 0.3) is 0 Å². The SMILES string of the molecule is [2H]C([2H])([2H])OC1CC2(CCN(C(=O)OC(C)(C)C)CC2)C1. The van der Waals surface area contributed by atoms with Gasteiger partial charge in [0.15, 0.2) is 0 Å². The molecule has 104 valence electrons. The Morgan fingerprint density at radius 2 is 1.94 bits per heavy atom. The van der Waals surface area contributed by atoms with Crippen molar-refractivity contribution in [2.24, 2.45) is 5.41 Å². The van der Waals surface area contributed by atoms with Gasteiger partial charge in [0.05, 0.1) is 10.2 Å². The highest BCUT2D eigenvalue weighted by Gasteiger charge is 2.46. The van der Waals surface area contributed by atoms with Crippen molar-refractivity contribution in [1.82, 2.24) is 4.90 Å². The van der Waals surface area contributed by atoms with Gasteiger partial charge in [-0.05, 0) is 51.9 Å². The quantitative estimate of drug-likeness (QED) is 0.726. The van der Waals surface area contributed by atoms with E-state index in [1.807, 2.05) is 20.8 Å². The summed E-state index contributed by atoms with van der Waals surface area (Å²) in [6.45, 7) is 6.93. The highest BCUT2D eigenvalue weighted by atomic mass is 16.6. The lowest BCUT2D eigenvalue weighted by molar-refractivity contribution is -0.0879. The molecule has 1 aliphatic carbocycles. The maximum atomic E-state index is 12.0. The van der Waals surface area contributed by atoms with Crippen LogP contribution in [0, 0.1) is 5.41 Å². The van der Waals surface area contributed by atoms with Crippen LogP contribution in [0.3, 0.4) is 0 Å². The van der Waals surface area contributed by atoms with Crippen molar-refractivity contribution in [3.63, 3.8) is 0 Å². The van der Waals surface area contributed by atoms with Crippen LogP contribution in [0.4, 0.5) is 4.79 Å². The van der Waals surface area contributed by atoms with Gasteiger partial charge in [0, 0.05) is 20.1 Å². The van der Waals surface area contributed by atoms with Gasteiger partial charge in [-0.3, -0.25) is 0 Å². The normalized spacial score (nSPS) is 27.1. The molecule has 2 rings (SSSR count). The van der Waals surface area contributed by atoms with Crippen LogP contribution in [0.5, 0.6) is 0 Å². The van der Waals surface area contributed by atoms with E-state index in [1.165, 1.54) is 0 Å². The molecule has 0 radical (unpaired) electrons. The molecule has 4 nitrogen and oxygen atoms in total. The molecule has 1 amide bonds. The van der Waals surface area contributed by atoms with E-state index in [0.29, 0.717) is 13.1 Å². The molecule has 18 heavy (non-hydrogen) atoms. The summed E-state index contributed by atoms with van der Waals surface area (Å²) in [4.78, 5) is 13.7. The van der Waals surface area contributed by atoms with Crippen LogP contribution in [0.15, 0.2) is 0 Å². The maximum absolute atomic E-state index is 12.0. The molecular weight excluding hydrogens is 230 g/mol. The number of ether oxygens (including phenoxy) is 2. The first-order chi connectivity index (χ1) is 9.48. The van der Waals surface area contributed by atoms with Gasteiger partial charge in [-0.2, -0.15) is 0 Å². The smallest absolute Gasteiger partial charge is 0.410 e. The number of amides is 1. The molecule has 0 atom stereocenters. The van der Waals surface area contributed by atoms with Crippen molar-refractivity contribution in [2.45, 2.75) is 58.2 Å². The van der Waals surface area contributed by atoms with Gasteiger partial charge in [0.1, 0.15) is 5.60 Å². The fourth-order valence-corrected chi connectivity index (χ4v) is 2.89. The number of rotatable bonds is 1. The largest absolute Gasteiger partial charge is 0.444 e. The van der Waals surface area contributed by atoms with Crippen molar-refractivity contribution in [3.05, 3.63) is 0 Å². The van der Waals surface area contributed by atoms with Crippen molar-refractivity contribution in [2.75, 3.05) is 20.1 Å². The molecule has 1 saturated heterocycles. The molecule has 2 fully saturated rings. The molecule has 1 saturated carbocycles. The number of nitrogens with zero attached hydrogens (tertiary/aromatic N) is 1. The number of piperidine rings is 1. The van der Waals surface area contributed by atoms with E-state index in [9.17, 15) is 4.79 Å². The molecule has 2 aliphatic rings. The Kier molecular flexibility index (Phi) is 2.64. The minimum absolute atomic E-state index is 0.161. The Balaban J connectivity index is 1.76. The van der Waals surface area contributed by atoms with E-state index >= 15 is 0 Å². The molecule has 1 aliphatic heterocycles. The van der Waals surface area contributed by atoms with E-state index in [0.717, 1.165) is 25.7 Å². The van der Waals surface area contributed by atoms with Gasteiger partial charge in [-0.1, -0.05) is 0 Å². The second-order valence-corrected chi connectivity index (χ2v) is 6.62. The van der Waals surface area contributed by atoms with Gasteiger partial charge in [0.2, 0.25) is 0 Å². The predicted octanol–water partition coefficient (Wildman–Crippen LogP) is 2.81. The number of likely N-dealkylation sites (tertiary alicyclic amines) is 1. The van der Waals surface area contributed by atoms with E-state index < -0.39 is 12.6 Å². The summed E-state index contributed by atoms with van der Waals surface area (Å²) in [5.41, 5.74) is -0.310. The molecule has 1 spiro atoms. The van der Waals surface area contributed by atoms with Crippen LogP contribution >= 0.6 is 0 Å². The lowest BCUT2D eigenvalue weighted by atomic mass is 9.61. The number of hydrogen-bond donors (Lipinski definition) is 0. The molecule has 0 aromatic carbocycles. The fraction of sp³-hybridized carbons (Fsp3) is 0.929. The third-order valence-corrected chi connectivity index (χ3v) is 3.96. The monoisotopic (exact) mass is 258 g/mol.